The van der Waals surface area contributed by atoms with Crippen LogP contribution in [0.2, 0.25) is 5.02 Å². The highest BCUT2D eigenvalue weighted by Crippen LogP contribution is 2.26. The zero-order chi connectivity index (χ0) is 15.8. The van der Waals surface area contributed by atoms with E-state index in [2.05, 4.69) is 15.5 Å². The summed E-state index contributed by atoms with van der Waals surface area (Å²) in [5.74, 6) is 0.492. The van der Waals surface area contributed by atoms with E-state index in [-0.39, 0.29) is 12.5 Å². The number of amides is 1. The zero-order valence-corrected chi connectivity index (χ0v) is 13.5. The summed E-state index contributed by atoms with van der Waals surface area (Å²) in [7, 11) is 1.55. The Bertz CT molecular complexity index is 493. The summed E-state index contributed by atoms with van der Waals surface area (Å²) >= 11 is 6.02. The summed E-state index contributed by atoms with van der Waals surface area (Å²) in [4.78, 5) is 14.2. The van der Waals surface area contributed by atoms with Crippen molar-refractivity contribution in [2.24, 2.45) is 0 Å². The summed E-state index contributed by atoms with van der Waals surface area (Å²) < 4.78 is 10.4. The Labute approximate surface area is 135 Å². The van der Waals surface area contributed by atoms with E-state index in [1.54, 1.807) is 25.3 Å². The number of nitrogens with one attached hydrogen (secondary N) is 2. The highest BCUT2D eigenvalue weighted by molar-refractivity contribution is 6.32. The van der Waals surface area contributed by atoms with E-state index < -0.39 is 0 Å². The van der Waals surface area contributed by atoms with Crippen LogP contribution in [0.25, 0.3) is 0 Å². The van der Waals surface area contributed by atoms with Gasteiger partial charge >= 0.3 is 0 Å². The Kier molecular flexibility index (Phi) is 6.92. The molecule has 0 atom stereocenters. The van der Waals surface area contributed by atoms with Gasteiger partial charge in [0.25, 0.3) is 0 Å². The van der Waals surface area contributed by atoms with Crippen LogP contribution in [0.3, 0.4) is 0 Å². The number of carbonyl (C=O) groups is 1. The van der Waals surface area contributed by atoms with Crippen LogP contribution in [0.4, 0.5) is 5.69 Å². The van der Waals surface area contributed by atoms with Gasteiger partial charge in [-0.3, -0.25) is 9.69 Å². The smallest absolute Gasteiger partial charge is 0.238 e. The number of methoxy groups -OCH3 is 1. The number of ether oxygens (including phenoxy) is 2. The minimum atomic E-state index is -0.0942. The molecule has 0 saturated carbocycles. The molecular formula is C15H22ClN3O3. The largest absolute Gasteiger partial charge is 0.495 e. The molecule has 7 heteroatoms. The molecule has 0 radical (unpaired) electrons. The number of anilines is 1. The molecule has 2 N–H and O–H groups in total. The third-order valence-electron chi connectivity index (χ3n) is 3.43. The maximum atomic E-state index is 11.8. The zero-order valence-electron chi connectivity index (χ0n) is 12.7. The van der Waals surface area contributed by atoms with Crippen molar-refractivity contribution in [2.45, 2.75) is 0 Å². The van der Waals surface area contributed by atoms with Crippen molar-refractivity contribution < 1.29 is 14.3 Å². The molecule has 1 fully saturated rings. The Hall–Kier alpha value is -1.34. The van der Waals surface area contributed by atoms with Gasteiger partial charge < -0.3 is 20.1 Å². The lowest BCUT2D eigenvalue weighted by Crippen LogP contribution is -2.41. The van der Waals surface area contributed by atoms with E-state index in [0.717, 1.165) is 39.4 Å². The van der Waals surface area contributed by atoms with Crippen molar-refractivity contribution >= 4 is 23.2 Å². The van der Waals surface area contributed by atoms with Crippen LogP contribution in [0, 0.1) is 0 Å². The summed E-state index contributed by atoms with van der Waals surface area (Å²) in [5.41, 5.74) is 0.658. The Morgan fingerprint density at radius 3 is 2.86 bits per heavy atom. The van der Waals surface area contributed by atoms with Gasteiger partial charge in [0.05, 0.1) is 31.9 Å². The van der Waals surface area contributed by atoms with Gasteiger partial charge in [-0.1, -0.05) is 11.6 Å². The standard InChI is InChI=1S/C15H22ClN3O3/c1-21-14-3-2-12(10-13(14)16)18-15(20)11-17-4-5-19-6-8-22-9-7-19/h2-3,10,17H,4-9,11H2,1H3,(H,18,20). The van der Waals surface area contributed by atoms with Gasteiger partial charge in [0.15, 0.2) is 0 Å². The number of morpholine rings is 1. The van der Waals surface area contributed by atoms with Crippen molar-refractivity contribution in [3.63, 3.8) is 0 Å². The number of rotatable bonds is 7. The maximum Gasteiger partial charge on any atom is 0.238 e. The third kappa shape index (κ3) is 5.46. The number of carbonyl (C=O) groups excluding carboxylic acids is 1. The van der Waals surface area contributed by atoms with Gasteiger partial charge in [0.1, 0.15) is 5.75 Å². The van der Waals surface area contributed by atoms with Crippen LogP contribution in [0.15, 0.2) is 18.2 Å². The van der Waals surface area contributed by atoms with Gasteiger partial charge in [-0.2, -0.15) is 0 Å². The fourth-order valence-corrected chi connectivity index (χ4v) is 2.47. The molecule has 1 aromatic carbocycles. The molecule has 0 bridgehead atoms. The molecule has 22 heavy (non-hydrogen) atoms. The lowest BCUT2D eigenvalue weighted by Gasteiger charge is -2.26. The quantitative estimate of drug-likeness (QED) is 0.737. The first-order chi connectivity index (χ1) is 10.7. The molecule has 0 aliphatic carbocycles. The van der Waals surface area contributed by atoms with Crippen molar-refractivity contribution in [2.75, 3.05) is 58.4 Å². The summed E-state index contributed by atoms with van der Waals surface area (Å²) in [6.45, 7) is 5.46. The second-order valence-corrected chi connectivity index (χ2v) is 5.44. The van der Waals surface area contributed by atoms with Crippen LogP contribution in [-0.2, 0) is 9.53 Å². The van der Waals surface area contributed by atoms with E-state index in [1.165, 1.54) is 0 Å². The van der Waals surface area contributed by atoms with Gasteiger partial charge in [-0.05, 0) is 18.2 Å². The van der Waals surface area contributed by atoms with Gasteiger partial charge in [-0.25, -0.2) is 0 Å². The number of halogens is 1. The van der Waals surface area contributed by atoms with Crippen molar-refractivity contribution in [1.29, 1.82) is 0 Å². The van der Waals surface area contributed by atoms with Crippen LogP contribution >= 0.6 is 11.6 Å². The molecule has 1 aromatic rings. The Morgan fingerprint density at radius 1 is 1.41 bits per heavy atom. The number of benzene rings is 1. The van der Waals surface area contributed by atoms with Crippen LogP contribution < -0.4 is 15.4 Å². The lowest BCUT2D eigenvalue weighted by molar-refractivity contribution is -0.115. The van der Waals surface area contributed by atoms with Crippen LogP contribution in [0.5, 0.6) is 5.75 Å². The van der Waals surface area contributed by atoms with Gasteiger partial charge in [-0.15, -0.1) is 0 Å². The second-order valence-electron chi connectivity index (χ2n) is 5.03. The highest BCUT2D eigenvalue weighted by Gasteiger charge is 2.10. The van der Waals surface area contributed by atoms with Gasteiger partial charge in [0, 0.05) is 31.9 Å². The van der Waals surface area contributed by atoms with Gasteiger partial charge in [0.2, 0.25) is 5.91 Å². The fraction of sp³-hybridized carbons (Fsp3) is 0.533. The Balaban J connectivity index is 1.66. The summed E-state index contributed by atoms with van der Waals surface area (Å²) in [6, 6.07) is 5.16. The summed E-state index contributed by atoms with van der Waals surface area (Å²) in [5, 5.41) is 6.41. The molecule has 1 aliphatic heterocycles. The molecule has 0 spiro atoms. The molecule has 122 valence electrons. The number of nitrogens with zero attached hydrogens (tertiary/aromatic N) is 1. The molecular weight excluding hydrogens is 306 g/mol. The predicted octanol–water partition coefficient (Wildman–Crippen LogP) is 1.21. The molecule has 2 rings (SSSR count). The first-order valence-electron chi connectivity index (χ1n) is 7.33. The van der Waals surface area contributed by atoms with E-state index in [4.69, 9.17) is 21.1 Å². The maximum absolute atomic E-state index is 11.8. The highest BCUT2D eigenvalue weighted by atomic mass is 35.5. The second kappa shape index (κ2) is 8.95. The van der Waals surface area contributed by atoms with Crippen LogP contribution in [-0.4, -0.2) is 63.9 Å². The first-order valence-corrected chi connectivity index (χ1v) is 7.71. The van der Waals surface area contributed by atoms with Crippen molar-refractivity contribution in [1.82, 2.24) is 10.2 Å². The van der Waals surface area contributed by atoms with E-state index in [0.29, 0.717) is 16.5 Å². The van der Waals surface area contributed by atoms with E-state index >= 15 is 0 Å². The molecule has 0 aromatic heterocycles. The van der Waals surface area contributed by atoms with Crippen molar-refractivity contribution in [3.8, 4) is 5.75 Å². The first kappa shape index (κ1) is 17.0. The Morgan fingerprint density at radius 2 is 2.18 bits per heavy atom. The molecule has 1 saturated heterocycles. The molecule has 1 heterocycles. The fourth-order valence-electron chi connectivity index (χ4n) is 2.21. The molecule has 0 unspecified atom stereocenters. The average Bonchev–Trinajstić information content (AvgIpc) is 2.53. The van der Waals surface area contributed by atoms with E-state index in [9.17, 15) is 4.79 Å². The average molecular weight is 328 g/mol. The number of hydrogen-bond acceptors (Lipinski definition) is 5. The normalized spacial score (nSPS) is 15.5. The monoisotopic (exact) mass is 327 g/mol. The topological polar surface area (TPSA) is 62.8 Å². The lowest BCUT2D eigenvalue weighted by atomic mass is 10.3. The molecule has 6 nitrogen and oxygen atoms in total. The van der Waals surface area contributed by atoms with E-state index in [1.807, 2.05) is 0 Å². The SMILES string of the molecule is COc1ccc(NC(=O)CNCCN2CCOCC2)cc1Cl. The summed E-state index contributed by atoms with van der Waals surface area (Å²) in [6.07, 6.45) is 0. The predicted molar refractivity (Wildman–Crippen MR) is 86.8 cm³/mol. The third-order valence-corrected chi connectivity index (χ3v) is 3.72. The van der Waals surface area contributed by atoms with Crippen LogP contribution in [0.1, 0.15) is 0 Å². The minimum Gasteiger partial charge on any atom is -0.495 e. The molecule has 1 aliphatic rings. The molecule has 1 amide bonds. The minimum absolute atomic E-state index is 0.0942. The van der Waals surface area contributed by atoms with Crippen molar-refractivity contribution in [3.05, 3.63) is 23.2 Å². The number of hydrogen-bond donors (Lipinski definition) is 2.